The first-order valence-electron chi connectivity index (χ1n) is 4.74. The number of hydrogen-bond donors (Lipinski definition) is 0. The predicted molar refractivity (Wildman–Crippen MR) is 51.0 cm³/mol. The predicted octanol–water partition coefficient (Wildman–Crippen LogP) is 3.10. The fraction of sp³-hybridized carbons (Fsp3) is 0.727. The molecule has 0 bridgehead atoms. The van der Waals surface area contributed by atoms with Crippen LogP contribution in [0.4, 0.5) is 0 Å². The summed E-state index contributed by atoms with van der Waals surface area (Å²) in [5.41, 5.74) is 1.52. The van der Waals surface area contributed by atoms with Crippen LogP contribution >= 0.6 is 0 Å². The highest BCUT2D eigenvalue weighted by atomic mass is 16.1. The lowest BCUT2D eigenvalue weighted by molar-refractivity contribution is -0.117. The summed E-state index contributed by atoms with van der Waals surface area (Å²) in [7, 11) is 0. The number of allylic oxidation sites excluding steroid dienone is 1. The normalized spacial score (nSPS) is 29.3. The standard InChI is InChI=1S/C11H18O/c1-4-9(2)7-11(3)6-5-10(12)8-11/h2,4-8H2,1,3H3. The summed E-state index contributed by atoms with van der Waals surface area (Å²) in [5.74, 6) is 0.432. The Morgan fingerprint density at radius 3 is 2.75 bits per heavy atom. The summed E-state index contributed by atoms with van der Waals surface area (Å²) in [6.45, 7) is 8.33. The van der Waals surface area contributed by atoms with Crippen molar-refractivity contribution in [3.05, 3.63) is 12.2 Å². The van der Waals surface area contributed by atoms with Gasteiger partial charge in [-0.1, -0.05) is 26.0 Å². The van der Waals surface area contributed by atoms with Crippen molar-refractivity contribution in [2.75, 3.05) is 0 Å². The van der Waals surface area contributed by atoms with Crippen LogP contribution in [0.15, 0.2) is 12.2 Å². The van der Waals surface area contributed by atoms with Crippen LogP contribution in [0.1, 0.15) is 46.0 Å². The summed E-state index contributed by atoms with van der Waals surface area (Å²) in [6.07, 6.45) is 4.70. The van der Waals surface area contributed by atoms with Gasteiger partial charge < -0.3 is 0 Å². The Balaban J connectivity index is 2.50. The van der Waals surface area contributed by atoms with Crippen LogP contribution in [0.5, 0.6) is 0 Å². The molecule has 1 aliphatic carbocycles. The zero-order chi connectivity index (χ0) is 9.19. The molecular weight excluding hydrogens is 148 g/mol. The molecule has 1 unspecified atom stereocenters. The molecule has 1 aliphatic rings. The summed E-state index contributed by atoms with van der Waals surface area (Å²) in [5, 5.41) is 0. The lowest BCUT2D eigenvalue weighted by Gasteiger charge is -2.23. The third-order valence-electron chi connectivity index (χ3n) is 2.81. The molecule has 0 heterocycles. The molecule has 0 radical (unpaired) electrons. The number of carbonyl (C=O) groups is 1. The van der Waals surface area contributed by atoms with E-state index >= 15 is 0 Å². The van der Waals surface area contributed by atoms with Gasteiger partial charge in [-0.25, -0.2) is 0 Å². The third kappa shape index (κ3) is 2.20. The zero-order valence-electron chi connectivity index (χ0n) is 8.15. The first kappa shape index (κ1) is 9.50. The fourth-order valence-electron chi connectivity index (χ4n) is 1.97. The van der Waals surface area contributed by atoms with E-state index in [2.05, 4.69) is 20.4 Å². The van der Waals surface area contributed by atoms with Gasteiger partial charge in [0.1, 0.15) is 5.78 Å². The lowest BCUT2D eigenvalue weighted by Crippen LogP contribution is -2.12. The average Bonchev–Trinajstić information content (AvgIpc) is 2.30. The number of ketones is 1. The molecule has 0 amide bonds. The minimum atomic E-state index is 0.240. The molecule has 1 saturated carbocycles. The van der Waals surface area contributed by atoms with Gasteiger partial charge in [0, 0.05) is 12.8 Å². The van der Waals surface area contributed by atoms with Crippen molar-refractivity contribution in [1.29, 1.82) is 0 Å². The lowest BCUT2D eigenvalue weighted by atomic mass is 9.82. The molecule has 1 heteroatoms. The van der Waals surface area contributed by atoms with E-state index in [1.807, 2.05) is 0 Å². The molecule has 0 spiro atoms. The molecule has 0 aromatic heterocycles. The number of hydrogen-bond acceptors (Lipinski definition) is 1. The van der Waals surface area contributed by atoms with Gasteiger partial charge in [0.2, 0.25) is 0 Å². The van der Waals surface area contributed by atoms with Gasteiger partial charge in [0.05, 0.1) is 0 Å². The molecule has 0 aromatic rings. The molecule has 12 heavy (non-hydrogen) atoms. The smallest absolute Gasteiger partial charge is 0.133 e. The van der Waals surface area contributed by atoms with E-state index in [0.717, 1.165) is 32.1 Å². The van der Waals surface area contributed by atoms with Gasteiger partial charge in [0.25, 0.3) is 0 Å². The maximum atomic E-state index is 11.1. The number of carbonyl (C=O) groups excluding carboxylic acids is 1. The van der Waals surface area contributed by atoms with Crippen molar-refractivity contribution >= 4 is 5.78 Å². The molecule has 1 fully saturated rings. The van der Waals surface area contributed by atoms with Crippen molar-refractivity contribution in [2.45, 2.75) is 46.0 Å². The minimum Gasteiger partial charge on any atom is -0.300 e. The molecule has 0 N–H and O–H groups in total. The van der Waals surface area contributed by atoms with Crippen LogP contribution in [0.25, 0.3) is 0 Å². The highest BCUT2D eigenvalue weighted by molar-refractivity contribution is 5.81. The molecule has 1 atom stereocenters. The second-order valence-corrected chi connectivity index (χ2v) is 4.31. The Hall–Kier alpha value is -0.590. The van der Waals surface area contributed by atoms with Crippen LogP contribution in [-0.2, 0) is 4.79 Å². The molecule has 0 aromatic carbocycles. The van der Waals surface area contributed by atoms with Crippen LogP contribution in [0.2, 0.25) is 0 Å². The molecule has 68 valence electrons. The van der Waals surface area contributed by atoms with E-state index in [1.165, 1.54) is 5.57 Å². The van der Waals surface area contributed by atoms with Crippen molar-refractivity contribution in [2.24, 2.45) is 5.41 Å². The van der Waals surface area contributed by atoms with Gasteiger partial charge >= 0.3 is 0 Å². The summed E-state index contributed by atoms with van der Waals surface area (Å²) >= 11 is 0. The number of rotatable bonds is 3. The maximum Gasteiger partial charge on any atom is 0.133 e. The summed E-state index contributed by atoms with van der Waals surface area (Å²) < 4.78 is 0. The van der Waals surface area contributed by atoms with Gasteiger partial charge in [0.15, 0.2) is 0 Å². The topological polar surface area (TPSA) is 17.1 Å². The Labute approximate surface area is 74.9 Å². The Morgan fingerprint density at radius 2 is 2.33 bits per heavy atom. The molecule has 1 rings (SSSR count). The quantitative estimate of drug-likeness (QED) is 0.589. The highest BCUT2D eigenvalue weighted by Crippen LogP contribution is 2.40. The van der Waals surface area contributed by atoms with E-state index in [-0.39, 0.29) is 5.41 Å². The first-order chi connectivity index (χ1) is 5.56. The van der Waals surface area contributed by atoms with E-state index in [1.54, 1.807) is 0 Å². The van der Waals surface area contributed by atoms with Crippen molar-refractivity contribution in [1.82, 2.24) is 0 Å². The van der Waals surface area contributed by atoms with Gasteiger partial charge in [-0.3, -0.25) is 4.79 Å². The van der Waals surface area contributed by atoms with Gasteiger partial charge in [-0.2, -0.15) is 0 Å². The highest BCUT2D eigenvalue weighted by Gasteiger charge is 2.33. The SMILES string of the molecule is C=C(CC)CC1(C)CCC(=O)C1. The fourth-order valence-corrected chi connectivity index (χ4v) is 1.97. The largest absolute Gasteiger partial charge is 0.300 e. The molecule has 0 aliphatic heterocycles. The van der Waals surface area contributed by atoms with Crippen LogP contribution < -0.4 is 0 Å². The monoisotopic (exact) mass is 166 g/mol. The van der Waals surface area contributed by atoms with Crippen molar-refractivity contribution in [3.8, 4) is 0 Å². The first-order valence-corrected chi connectivity index (χ1v) is 4.74. The second-order valence-electron chi connectivity index (χ2n) is 4.31. The van der Waals surface area contributed by atoms with Crippen molar-refractivity contribution < 1.29 is 4.79 Å². The minimum absolute atomic E-state index is 0.240. The number of Topliss-reactive ketones (excluding diaryl/α,β-unsaturated/α-hetero) is 1. The second kappa shape index (κ2) is 3.42. The third-order valence-corrected chi connectivity index (χ3v) is 2.81. The summed E-state index contributed by atoms with van der Waals surface area (Å²) in [4.78, 5) is 11.1. The Kier molecular flexibility index (Phi) is 2.71. The molecule has 1 nitrogen and oxygen atoms in total. The van der Waals surface area contributed by atoms with Gasteiger partial charge in [-0.15, -0.1) is 0 Å². The van der Waals surface area contributed by atoms with E-state index in [0.29, 0.717) is 5.78 Å². The molecular formula is C11H18O. The van der Waals surface area contributed by atoms with Gasteiger partial charge in [-0.05, 0) is 24.7 Å². The Bertz CT molecular complexity index is 205. The van der Waals surface area contributed by atoms with E-state index < -0.39 is 0 Å². The average molecular weight is 166 g/mol. The zero-order valence-corrected chi connectivity index (χ0v) is 8.15. The molecule has 0 saturated heterocycles. The van der Waals surface area contributed by atoms with E-state index in [9.17, 15) is 4.79 Å². The Morgan fingerprint density at radius 1 is 1.67 bits per heavy atom. The van der Waals surface area contributed by atoms with Crippen LogP contribution in [0, 0.1) is 5.41 Å². The van der Waals surface area contributed by atoms with E-state index in [4.69, 9.17) is 0 Å². The van der Waals surface area contributed by atoms with Crippen LogP contribution in [0.3, 0.4) is 0 Å². The summed E-state index contributed by atoms with van der Waals surface area (Å²) in [6, 6.07) is 0. The van der Waals surface area contributed by atoms with Crippen molar-refractivity contribution in [3.63, 3.8) is 0 Å². The maximum absolute atomic E-state index is 11.1. The van der Waals surface area contributed by atoms with Crippen LogP contribution in [-0.4, -0.2) is 5.78 Å².